The Morgan fingerprint density at radius 2 is 2.04 bits per heavy atom. The Kier molecular flexibility index (Phi) is 5.15. The van der Waals surface area contributed by atoms with Crippen LogP contribution in [0.5, 0.6) is 0 Å². The van der Waals surface area contributed by atoms with Gasteiger partial charge in [0.05, 0.1) is 6.26 Å². The van der Waals surface area contributed by atoms with Crippen molar-refractivity contribution in [2.24, 2.45) is 17.6 Å². The van der Waals surface area contributed by atoms with Crippen LogP contribution in [0.2, 0.25) is 0 Å². The highest BCUT2D eigenvalue weighted by Gasteiger charge is 2.43. The zero-order chi connectivity index (χ0) is 18.5. The summed E-state index contributed by atoms with van der Waals surface area (Å²) in [5, 5.41) is 0. The molecule has 1 aromatic heterocycles. The number of amides is 1. The lowest BCUT2D eigenvalue weighted by Crippen LogP contribution is -2.34. The maximum Gasteiger partial charge on any atom is 0.289 e. The van der Waals surface area contributed by atoms with Crippen molar-refractivity contribution < 1.29 is 9.21 Å². The number of rotatable bonds is 3. The molecule has 4 atom stereocenters. The van der Waals surface area contributed by atoms with Crippen LogP contribution in [0.1, 0.15) is 41.4 Å². The quantitative estimate of drug-likeness (QED) is 0.855. The Hall–Kier alpha value is -1.98. The minimum absolute atomic E-state index is 0. The van der Waals surface area contributed by atoms with Crippen LogP contribution in [0, 0.1) is 11.8 Å². The number of carbonyl (C=O) groups is 1. The Labute approximate surface area is 172 Å². The molecule has 0 spiro atoms. The predicted molar refractivity (Wildman–Crippen MR) is 112 cm³/mol. The molecule has 5 rings (SSSR count). The van der Waals surface area contributed by atoms with E-state index in [0.29, 0.717) is 30.2 Å². The van der Waals surface area contributed by atoms with E-state index in [1.807, 2.05) is 11.0 Å². The van der Waals surface area contributed by atoms with Gasteiger partial charge in [-0.05, 0) is 55.7 Å². The normalized spacial score (nSPS) is 28.2. The number of likely N-dealkylation sites (tertiary alicyclic amines) is 1. The average Bonchev–Trinajstić information content (AvgIpc) is 3.41. The molecule has 6 heteroatoms. The number of nitrogens with two attached hydrogens (primary N) is 1. The number of benzene rings is 1. The van der Waals surface area contributed by atoms with Crippen molar-refractivity contribution in [3.8, 4) is 0 Å². The van der Waals surface area contributed by atoms with E-state index >= 15 is 0 Å². The second-order valence-corrected chi connectivity index (χ2v) is 8.46. The molecule has 4 unspecified atom stereocenters. The summed E-state index contributed by atoms with van der Waals surface area (Å²) in [5.74, 6) is 1.54. The number of furan rings is 1. The van der Waals surface area contributed by atoms with Gasteiger partial charge >= 0.3 is 0 Å². The minimum Gasteiger partial charge on any atom is -0.459 e. The lowest BCUT2D eigenvalue weighted by Gasteiger charge is -2.25. The third-order valence-electron chi connectivity index (χ3n) is 6.83. The van der Waals surface area contributed by atoms with Gasteiger partial charge in [-0.15, -0.1) is 12.4 Å². The van der Waals surface area contributed by atoms with E-state index in [1.54, 1.807) is 6.26 Å². The highest BCUT2D eigenvalue weighted by atomic mass is 35.5. The zero-order valence-corrected chi connectivity index (χ0v) is 17.0. The first kappa shape index (κ1) is 19.3. The van der Waals surface area contributed by atoms with Crippen molar-refractivity contribution in [3.63, 3.8) is 0 Å². The van der Waals surface area contributed by atoms with Crippen LogP contribution >= 0.6 is 12.4 Å². The summed E-state index contributed by atoms with van der Waals surface area (Å²) in [6.07, 6.45) is 4.93. The smallest absolute Gasteiger partial charge is 0.289 e. The van der Waals surface area contributed by atoms with Gasteiger partial charge in [0, 0.05) is 43.0 Å². The van der Waals surface area contributed by atoms with Crippen LogP contribution in [0.4, 0.5) is 5.69 Å². The van der Waals surface area contributed by atoms with E-state index in [-0.39, 0.29) is 24.4 Å². The molecule has 150 valence electrons. The number of fused-ring (bicyclic) bond motifs is 2. The van der Waals surface area contributed by atoms with Crippen molar-refractivity contribution in [1.29, 1.82) is 0 Å². The van der Waals surface area contributed by atoms with E-state index in [0.717, 1.165) is 37.9 Å². The fourth-order valence-corrected chi connectivity index (χ4v) is 5.32. The molecule has 0 bridgehead atoms. The molecule has 28 heavy (non-hydrogen) atoms. The van der Waals surface area contributed by atoms with Gasteiger partial charge in [-0.25, -0.2) is 0 Å². The van der Waals surface area contributed by atoms with Gasteiger partial charge in [-0.2, -0.15) is 0 Å². The molecular formula is C22H28ClN3O2. The van der Waals surface area contributed by atoms with Gasteiger partial charge in [-0.1, -0.05) is 18.2 Å². The number of carbonyl (C=O) groups excluding carboxylic acids is 1. The fraction of sp³-hybridized carbons (Fsp3) is 0.500. The predicted octanol–water partition coefficient (Wildman–Crippen LogP) is 3.46. The largest absolute Gasteiger partial charge is 0.459 e. The Morgan fingerprint density at radius 1 is 1.21 bits per heavy atom. The summed E-state index contributed by atoms with van der Waals surface area (Å²) in [6, 6.07) is 11.1. The Morgan fingerprint density at radius 3 is 2.86 bits per heavy atom. The van der Waals surface area contributed by atoms with Gasteiger partial charge in [0.2, 0.25) is 0 Å². The summed E-state index contributed by atoms with van der Waals surface area (Å²) >= 11 is 0. The molecule has 3 heterocycles. The maximum atomic E-state index is 13.1. The van der Waals surface area contributed by atoms with Crippen molar-refractivity contribution in [1.82, 2.24) is 4.90 Å². The topological polar surface area (TPSA) is 62.7 Å². The number of anilines is 1. The first-order chi connectivity index (χ1) is 13.1. The van der Waals surface area contributed by atoms with Crippen LogP contribution in [-0.4, -0.2) is 36.0 Å². The molecule has 1 aliphatic carbocycles. The summed E-state index contributed by atoms with van der Waals surface area (Å²) < 4.78 is 5.67. The summed E-state index contributed by atoms with van der Waals surface area (Å²) in [6.45, 7) is 4.54. The van der Waals surface area contributed by atoms with Crippen LogP contribution in [0.25, 0.3) is 0 Å². The number of para-hydroxylation sites is 1. The molecule has 2 fully saturated rings. The lowest BCUT2D eigenvalue weighted by atomic mass is 9.98. The molecule has 5 nitrogen and oxygen atoms in total. The van der Waals surface area contributed by atoms with E-state index in [1.165, 1.54) is 11.3 Å². The third kappa shape index (κ3) is 3.11. The molecule has 0 radical (unpaired) electrons. The standard InChI is InChI=1S/C22H27N3O2.ClH/c1-14-10-15-4-2-3-5-20(15)25(14)12-17-8-9-27-21(17)22(26)24-11-16-6-7-19(23)18(16)13-24;/h2-5,8-9,14,16,18-19H,6-7,10-13,23H2,1H3;1H. The van der Waals surface area contributed by atoms with E-state index in [2.05, 4.69) is 36.1 Å². The number of halogens is 1. The first-order valence-electron chi connectivity index (χ1n) is 10.1. The van der Waals surface area contributed by atoms with E-state index < -0.39 is 0 Å². The Balaban J connectivity index is 0.00000192. The molecule has 2 aliphatic heterocycles. The van der Waals surface area contributed by atoms with Crippen LogP contribution in [0.15, 0.2) is 41.0 Å². The second kappa shape index (κ2) is 7.45. The SMILES string of the molecule is CC1Cc2ccccc2N1Cc1ccoc1C(=O)N1CC2CCC(N)C2C1.Cl. The first-order valence-corrected chi connectivity index (χ1v) is 10.1. The summed E-state index contributed by atoms with van der Waals surface area (Å²) in [4.78, 5) is 17.5. The van der Waals surface area contributed by atoms with Crippen LogP contribution in [0.3, 0.4) is 0 Å². The molecule has 1 saturated heterocycles. The minimum atomic E-state index is 0. The van der Waals surface area contributed by atoms with Crippen molar-refractivity contribution in [2.75, 3.05) is 18.0 Å². The molecule has 3 aliphatic rings. The number of nitrogens with zero attached hydrogens (tertiary/aromatic N) is 2. The Bertz CT molecular complexity index is 867. The zero-order valence-electron chi connectivity index (χ0n) is 16.2. The number of hydrogen-bond donors (Lipinski definition) is 1. The molecule has 1 saturated carbocycles. The molecular weight excluding hydrogens is 374 g/mol. The molecule has 1 aromatic carbocycles. The summed E-state index contributed by atoms with van der Waals surface area (Å²) in [5.41, 5.74) is 9.86. The van der Waals surface area contributed by atoms with Gasteiger partial charge in [0.25, 0.3) is 5.91 Å². The molecule has 2 aromatic rings. The van der Waals surface area contributed by atoms with Crippen molar-refractivity contribution in [3.05, 3.63) is 53.5 Å². The third-order valence-corrected chi connectivity index (χ3v) is 6.83. The number of hydrogen-bond acceptors (Lipinski definition) is 4. The van der Waals surface area contributed by atoms with E-state index in [9.17, 15) is 4.79 Å². The van der Waals surface area contributed by atoms with Crippen molar-refractivity contribution in [2.45, 2.75) is 44.8 Å². The van der Waals surface area contributed by atoms with Crippen LogP contribution < -0.4 is 10.6 Å². The monoisotopic (exact) mass is 401 g/mol. The highest BCUT2D eigenvalue weighted by Crippen LogP contribution is 2.38. The lowest BCUT2D eigenvalue weighted by molar-refractivity contribution is 0.0746. The second-order valence-electron chi connectivity index (χ2n) is 8.46. The van der Waals surface area contributed by atoms with Gasteiger partial charge in [-0.3, -0.25) is 4.79 Å². The van der Waals surface area contributed by atoms with Gasteiger partial charge < -0.3 is 20.0 Å². The summed E-state index contributed by atoms with van der Waals surface area (Å²) in [7, 11) is 0. The van der Waals surface area contributed by atoms with Crippen LogP contribution in [-0.2, 0) is 13.0 Å². The van der Waals surface area contributed by atoms with E-state index in [4.69, 9.17) is 10.2 Å². The van der Waals surface area contributed by atoms with Gasteiger partial charge in [0.1, 0.15) is 0 Å². The molecule has 2 N–H and O–H groups in total. The maximum absolute atomic E-state index is 13.1. The fourth-order valence-electron chi connectivity index (χ4n) is 5.32. The highest BCUT2D eigenvalue weighted by molar-refractivity contribution is 5.93. The average molecular weight is 402 g/mol. The van der Waals surface area contributed by atoms with Crippen molar-refractivity contribution >= 4 is 24.0 Å². The molecule has 1 amide bonds. The van der Waals surface area contributed by atoms with Gasteiger partial charge in [0.15, 0.2) is 5.76 Å².